The summed E-state index contributed by atoms with van der Waals surface area (Å²) in [5, 5.41) is 0. The van der Waals surface area contributed by atoms with Gasteiger partial charge in [0.05, 0.1) is 23.6 Å². The summed E-state index contributed by atoms with van der Waals surface area (Å²) in [5.41, 5.74) is 1.85. The average molecular weight is 632 g/mol. The number of hydrogen-bond donors (Lipinski definition) is 0. The lowest BCUT2D eigenvalue weighted by Gasteiger charge is -2.32. The summed E-state index contributed by atoms with van der Waals surface area (Å²) < 4.78 is 1.65. The van der Waals surface area contributed by atoms with Crippen LogP contribution in [-0.2, 0) is 9.59 Å². The first-order valence-corrected chi connectivity index (χ1v) is 13.6. The van der Waals surface area contributed by atoms with Crippen molar-refractivity contribution in [2.45, 2.75) is 12.1 Å². The monoisotopic (exact) mass is 630 g/mol. The number of benzene rings is 3. The van der Waals surface area contributed by atoms with Crippen LogP contribution in [0.4, 0.5) is 5.69 Å². The van der Waals surface area contributed by atoms with Gasteiger partial charge in [0.25, 0.3) is 0 Å². The number of rotatable bonds is 5. The van der Waals surface area contributed by atoms with Crippen molar-refractivity contribution in [3.63, 3.8) is 0 Å². The molecule has 188 valence electrons. The van der Waals surface area contributed by atoms with Gasteiger partial charge in [-0.05, 0) is 42.5 Å². The zero-order valence-electron chi connectivity index (χ0n) is 19.8. The minimum Gasteiger partial charge on any atom is -0.359 e. The maximum atomic E-state index is 13.9. The third-order valence-electron chi connectivity index (χ3n) is 7.33. The molecule has 2 saturated heterocycles. The average Bonchev–Trinajstić information content (AvgIpc) is 3.41. The van der Waals surface area contributed by atoms with E-state index >= 15 is 0 Å². The van der Waals surface area contributed by atoms with Crippen LogP contribution in [0.25, 0.3) is 0 Å². The molecule has 0 spiro atoms. The molecule has 0 unspecified atom stereocenters. The Morgan fingerprint density at radius 3 is 1.97 bits per heavy atom. The van der Waals surface area contributed by atoms with Gasteiger partial charge >= 0.3 is 0 Å². The molecule has 0 radical (unpaired) electrons. The van der Waals surface area contributed by atoms with Crippen LogP contribution >= 0.6 is 31.9 Å². The van der Waals surface area contributed by atoms with E-state index < -0.39 is 29.8 Å². The largest absolute Gasteiger partial charge is 0.359 e. The number of anilines is 1. The molecule has 3 heterocycles. The van der Waals surface area contributed by atoms with Crippen LogP contribution in [0.5, 0.6) is 0 Å². The molecule has 6 nitrogen and oxygen atoms in total. The van der Waals surface area contributed by atoms with E-state index in [2.05, 4.69) is 31.9 Å². The summed E-state index contributed by atoms with van der Waals surface area (Å²) in [4.78, 5) is 57.8. The van der Waals surface area contributed by atoms with Crippen molar-refractivity contribution < 1.29 is 19.2 Å². The summed E-state index contributed by atoms with van der Waals surface area (Å²) in [6.45, 7) is 0. The summed E-state index contributed by atoms with van der Waals surface area (Å²) in [6, 6.07) is 21.3. The van der Waals surface area contributed by atoms with E-state index in [-0.39, 0.29) is 17.5 Å². The second-order valence-electron chi connectivity index (χ2n) is 9.43. The minimum atomic E-state index is -0.889. The highest BCUT2D eigenvalue weighted by molar-refractivity contribution is 9.10. The second-order valence-corrected chi connectivity index (χ2v) is 11.3. The Kier molecular flexibility index (Phi) is 6.24. The highest BCUT2D eigenvalue weighted by Crippen LogP contribution is 2.47. The zero-order chi connectivity index (χ0) is 26.6. The normalized spacial score (nSPS) is 23.8. The van der Waals surface area contributed by atoms with Gasteiger partial charge in [-0.25, -0.2) is 4.90 Å². The number of halogens is 2. The summed E-state index contributed by atoms with van der Waals surface area (Å²) in [7, 11) is 0. The fraction of sp³-hybridized carbons (Fsp3) is 0.133. The van der Waals surface area contributed by atoms with Crippen molar-refractivity contribution in [2.75, 3.05) is 4.90 Å². The lowest BCUT2D eigenvalue weighted by atomic mass is 9.85. The number of nitrogens with zero attached hydrogens (tertiary/aromatic N) is 2. The van der Waals surface area contributed by atoms with E-state index in [1.54, 1.807) is 96.0 Å². The molecule has 0 aromatic heterocycles. The third-order valence-corrected chi connectivity index (χ3v) is 8.39. The summed E-state index contributed by atoms with van der Waals surface area (Å²) >= 11 is 6.78. The summed E-state index contributed by atoms with van der Waals surface area (Å²) in [6.07, 6.45) is 5.08. The quantitative estimate of drug-likeness (QED) is 0.271. The van der Waals surface area contributed by atoms with Gasteiger partial charge in [-0.1, -0.05) is 80.4 Å². The predicted octanol–water partition coefficient (Wildman–Crippen LogP) is 5.59. The number of Topliss-reactive ketones (excluding diaryl/α,β-unsaturated/α-hetero) is 2. The number of imide groups is 1. The minimum absolute atomic E-state index is 0.178. The van der Waals surface area contributed by atoms with Crippen molar-refractivity contribution in [3.8, 4) is 0 Å². The lowest BCUT2D eigenvalue weighted by Crippen LogP contribution is -2.46. The molecule has 0 aliphatic carbocycles. The van der Waals surface area contributed by atoms with Gasteiger partial charge in [-0.3, -0.25) is 19.2 Å². The van der Waals surface area contributed by atoms with Crippen LogP contribution in [0, 0.1) is 11.8 Å². The number of carbonyl (C=O) groups is 4. The van der Waals surface area contributed by atoms with Gasteiger partial charge in [-0.2, -0.15) is 0 Å². The molecule has 3 aliphatic heterocycles. The van der Waals surface area contributed by atoms with Crippen LogP contribution in [0.15, 0.2) is 112 Å². The number of fused-ring (bicyclic) bond motifs is 3. The Morgan fingerprint density at radius 1 is 0.711 bits per heavy atom. The number of ketones is 2. The molecule has 2 fully saturated rings. The van der Waals surface area contributed by atoms with Crippen molar-refractivity contribution in [1.82, 2.24) is 4.90 Å². The first-order chi connectivity index (χ1) is 18.3. The van der Waals surface area contributed by atoms with Crippen LogP contribution in [0.3, 0.4) is 0 Å². The van der Waals surface area contributed by atoms with Gasteiger partial charge < -0.3 is 4.90 Å². The van der Waals surface area contributed by atoms with E-state index in [1.807, 2.05) is 6.07 Å². The van der Waals surface area contributed by atoms with Crippen molar-refractivity contribution >= 4 is 60.9 Å². The Labute approximate surface area is 235 Å². The van der Waals surface area contributed by atoms with Gasteiger partial charge in [0.15, 0.2) is 11.6 Å². The Bertz CT molecular complexity index is 1530. The van der Waals surface area contributed by atoms with Crippen molar-refractivity contribution in [2.24, 2.45) is 11.8 Å². The van der Waals surface area contributed by atoms with E-state index in [0.717, 1.165) is 8.95 Å². The Balaban J connectivity index is 1.43. The van der Waals surface area contributed by atoms with Crippen molar-refractivity contribution in [1.29, 1.82) is 0 Å². The predicted molar refractivity (Wildman–Crippen MR) is 149 cm³/mol. The fourth-order valence-electron chi connectivity index (χ4n) is 5.58. The molecule has 3 aliphatic rings. The van der Waals surface area contributed by atoms with Crippen molar-refractivity contribution in [3.05, 3.63) is 123 Å². The number of carbonyl (C=O) groups excluding carboxylic acids is 4. The lowest BCUT2D eigenvalue weighted by molar-refractivity contribution is -0.123. The van der Waals surface area contributed by atoms with E-state index in [0.29, 0.717) is 22.4 Å². The molecule has 2 amide bonds. The highest BCUT2D eigenvalue weighted by atomic mass is 79.9. The SMILES string of the molecule is O=C(C1=C[C@@H]2[C@@H]3C(=O)N(c4ccc(Br)cc4)C(=O)[C@H]3[C@H](C(=O)c3ccc(Br)cc3)N2C=C1)c1ccccc1. The molecule has 8 heteroatoms. The highest BCUT2D eigenvalue weighted by Gasteiger charge is 2.63. The maximum Gasteiger partial charge on any atom is 0.240 e. The molecule has 38 heavy (non-hydrogen) atoms. The van der Waals surface area contributed by atoms with E-state index in [9.17, 15) is 19.2 Å². The first-order valence-electron chi connectivity index (χ1n) is 12.1. The smallest absolute Gasteiger partial charge is 0.240 e. The van der Waals surface area contributed by atoms with E-state index in [4.69, 9.17) is 0 Å². The number of amides is 2. The van der Waals surface area contributed by atoms with Crippen LogP contribution < -0.4 is 4.90 Å². The zero-order valence-corrected chi connectivity index (χ0v) is 23.0. The number of hydrogen-bond acceptors (Lipinski definition) is 5. The van der Waals surface area contributed by atoms with Gasteiger partial charge in [-0.15, -0.1) is 0 Å². The first kappa shape index (κ1) is 24.7. The molecule has 0 N–H and O–H groups in total. The Hall–Kier alpha value is -3.62. The molecular weight excluding hydrogens is 612 g/mol. The molecule has 6 rings (SSSR count). The van der Waals surface area contributed by atoms with E-state index in [1.165, 1.54) is 4.90 Å². The standard InChI is InChI=1S/C30H20Br2N2O4/c31-20-8-6-18(7-9-20)28(36)26-25-24(29(37)34(30(25)38)22-12-10-21(32)11-13-22)23-16-19(14-15-33(23)26)27(35)17-4-2-1-3-5-17/h1-16,23-26H/t23-,24+,25-,26-/m1/s1. The molecule has 4 atom stereocenters. The fourth-order valence-corrected chi connectivity index (χ4v) is 6.11. The second kappa shape index (κ2) is 9.60. The van der Waals surface area contributed by atoms with Crippen LogP contribution in [-0.4, -0.2) is 40.4 Å². The molecule has 0 saturated carbocycles. The van der Waals surface area contributed by atoms with Gasteiger partial charge in [0.2, 0.25) is 11.8 Å². The molecule has 0 bridgehead atoms. The van der Waals surface area contributed by atoms with Crippen LogP contribution in [0.2, 0.25) is 0 Å². The van der Waals surface area contributed by atoms with Gasteiger partial charge in [0, 0.05) is 31.8 Å². The van der Waals surface area contributed by atoms with Crippen LogP contribution in [0.1, 0.15) is 20.7 Å². The molecule has 3 aromatic rings. The molecular formula is C30H20Br2N2O4. The maximum absolute atomic E-state index is 13.9. The van der Waals surface area contributed by atoms with Gasteiger partial charge in [0.1, 0.15) is 6.04 Å². The topological polar surface area (TPSA) is 74.8 Å². The number of allylic oxidation sites excluding steroid dienone is 2. The molecule has 3 aromatic carbocycles. The summed E-state index contributed by atoms with van der Waals surface area (Å²) in [5.74, 6) is -2.91. The third kappa shape index (κ3) is 3.99. The Morgan fingerprint density at radius 2 is 1.32 bits per heavy atom.